The minimum atomic E-state index is -0.184. The molecule has 0 fully saturated rings. The second kappa shape index (κ2) is 11.7. The number of rotatable bonds is 11. The molecule has 170 valence electrons. The van der Waals surface area contributed by atoms with Gasteiger partial charge in [0.1, 0.15) is 0 Å². The summed E-state index contributed by atoms with van der Waals surface area (Å²) in [5, 5.41) is 12.1. The van der Waals surface area contributed by atoms with E-state index in [4.69, 9.17) is 23.2 Å². The van der Waals surface area contributed by atoms with Crippen molar-refractivity contribution in [1.29, 1.82) is 0 Å². The van der Waals surface area contributed by atoms with Gasteiger partial charge in [0.05, 0.1) is 16.4 Å². The van der Waals surface area contributed by atoms with E-state index in [1.165, 1.54) is 0 Å². The fraction of sp³-hybridized carbons (Fsp3) is 0.500. The summed E-state index contributed by atoms with van der Waals surface area (Å²) in [6.07, 6.45) is 4.04. The van der Waals surface area contributed by atoms with E-state index in [-0.39, 0.29) is 11.8 Å². The van der Waals surface area contributed by atoms with Gasteiger partial charge in [0.25, 0.3) is 5.91 Å². The molecule has 0 bridgehead atoms. The molecule has 0 aliphatic heterocycles. The third kappa shape index (κ3) is 6.34. The number of hydrogen-bond acceptors (Lipinski definition) is 3. The lowest BCUT2D eigenvalue weighted by molar-refractivity contribution is 0.0947. The largest absolute Gasteiger partial charge is 0.349 e. The molecule has 1 heterocycles. The predicted molar refractivity (Wildman–Crippen MR) is 131 cm³/mol. The number of carbonyl (C=O) groups is 1. The van der Waals surface area contributed by atoms with Crippen LogP contribution in [0, 0.1) is 12.8 Å². The van der Waals surface area contributed by atoms with Crippen LogP contribution in [0.3, 0.4) is 0 Å². The molecule has 0 radical (unpaired) electrons. The highest BCUT2D eigenvalue weighted by atomic mass is 35.5. The third-order valence-corrected chi connectivity index (χ3v) is 6.18. The molecular weight excluding hydrogens is 431 g/mol. The minimum absolute atomic E-state index is 0.166. The summed E-state index contributed by atoms with van der Waals surface area (Å²) in [6, 6.07) is 5.64. The Bertz CT molecular complexity index is 907. The van der Waals surface area contributed by atoms with E-state index in [0.717, 1.165) is 24.1 Å². The van der Waals surface area contributed by atoms with Crippen molar-refractivity contribution in [3.05, 3.63) is 57.9 Å². The molecule has 7 heteroatoms. The molecule has 2 N–H and O–H groups in total. The number of amides is 1. The van der Waals surface area contributed by atoms with Crippen LogP contribution in [0.2, 0.25) is 10.0 Å². The van der Waals surface area contributed by atoms with E-state index in [1.807, 2.05) is 19.1 Å². The molecule has 1 amide bonds. The summed E-state index contributed by atoms with van der Waals surface area (Å²) in [4.78, 5) is 12.9. The lowest BCUT2D eigenvalue weighted by Gasteiger charge is -2.22. The van der Waals surface area contributed by atoms with Crippen LogP contribution in [0.25, 0.3) is 5.69 Å². The summed E-state index contributed by atoms with van der Waals surface area (Å²) < 4.78 is 1.76. The minimum Gasteiger partial charge on any atom is -0.349 e. The van der Waals surface area contributed by atoms with E-state index in [1.54, 1.807) is 16.8 Å². The van der Waals surface area contributed by atoms with Gasteiger partial charge < -0.3 is 10.6 Å². The molecule has 0 aliphatic carbocycles. The van der Waals surface area contributed by atoms with Gasteiger partial charge in [-0.05, 0) is 50.3 Å². The van der Waals surface area contributed by atoms with Gasteiger partial charge in [-0.1, -0.05) is 56.5 Å². The first kappa shape index (κ1) is 25.4. The number of halogens is 2. The lowest BCUT2D eigenvalue weighted by atomic mass is 9.95. The third-order valence-electron chi connectivity index (χ3n) is 5.65. The normalized spacial score (nSPS) is 13.3. The van der Waals surface area contributed by atoms with Crippen LogP contribution >= 0.6 is 23.2 Å². The first-order valence-electron chi connectivity index (χ1n) is 10.9. The predicted octanol–water partition coefficient (Wildman–Crippen LogP) is 5.92. The van der Waals surface area contributed by atoms with Crippen molar-refractivity contribution in [2.24, 2.45) is 5.92 Å². The van der Waals surface area contributed by atoms with E-state index in [2.05, 4.69) is 50.0 Å². The van der Waals surface area contributed by atoms with Gasteiger partial charge in [0.2, 0.25) is 0 Å². The highest BCUT2D eigenvalue weighted by molar-refractivity contribution is 6.35. The summed E-state index contributed by atoms with van der Waals surface area (Å²) in [5.74, 6) is 0.527. The van der Waals surface area contributed by atoms with Crippen molar-refractivity contribution >= 4 is 29.1 Å². The number of nitrogens with one attached hydrogen (secondary N) is 2. The lowest BCUT2D eigenvalue weighted by Crippen LogP contribution is -2.39. The monoisotopic (exact) mass is 464 g/mol. The van der Waals surface area contributed by atoms with Gasteiger partial charge in [-0.25, -0.2) is 4.68 Å². The number of aromatic nitrogens is 2. The summed E-state index contributed by atoms with van der Waals surface area (Å²) in [6.45, 7) is 15.5. The van der Waals surface area contributed by atoms with Crippen molar-refractivity contribution in [3.8, 4) is 5.69 Å². The molecule has 2 unspecified atom stereocenters. The Labute approximate surface area is 196 Å². The zero-order chi connectivity index (χ0) is 23.1. The number of nitrogens with zero attached hydrogens (tertiary/aromatic N) is 2. The molecule has 2 rings (SSSR count). The average molecular weight is 465 g/mol. The maximum atomic E-state index is 12.9. The van der Waals surface area contributed by atoms with E-state index in [0.29, 0.717) is 46.5 Å². The van der Waals surface area contributed by atoms with E-state index < -0.39 is 0 Å². The molecule has 5 nitrogen and oxygen atoms in total. The first-order chi connectivity index (χ1) is 14.7. The maximum Gasteiger partial charge on any atom is 0.272 e. The topological polar surface area (TPSA) is 58.9 Å². The zero-order valence-electron chi connectivity index (χ0n) is 19.1. The highest BCUT2D eigenvalue weighted by Crippen LogP contribution is 2.30. The Hall–Kier alpha value is -1.82. The van der Waals surface area contributed by atoms with Crippen molar-refractivity contribution in [2.75, 3.05) is 13.1 Å². The Balaban J connectivity index is 2.12. The van der Waals surface area contributed by atoms with Gasteiger partial charge >= 0.3 is 0 Å². The van der Waals surface area contributed by atoms with Crippen LogP contribution in [-0.2, 0) is 0 Å². The van der Waals surface area contributed by atoms with Gasteiger partial charge in [-0.2, -0.15) is 5.10 Å². The zero-order valence-corrected chi connectivity index (χ0v) is 20.6. The van der Waals surface area contributed by atoms with Crippen molar-refractivity contribution < 1.29 is 4.79 Å². The number of benzene rings is 1. The van der Waals surface area contributed by atoms with Crippen LogP contribution in [0.4, 0.5) is 0 Å². The molecule has 2 aromatic rings. The average Bonchev–Trinajstić information content (AvgIpc) is 3.06. The van der Waals surface area contributed by atoms with Crippen molar-refractivity contribution in [3.63, 3.8) is 0 Å². The Morgan fingerprint density at radius 1 is 1.26 bits per heavy atom. The van der Waals surface area contributed by atoms with E-state index in [9.17, 15) is 4.79 Å². The molecule has 2 atom stereocenters. The standard InChI is InChI=1S/C24H34Cl2N4O/c1-7-9-18(8-2)17(6)27-12-13-28-24(31)22-16(5)23(15(3)4)30(29-22)21-11-10-19(25)14-20(21)26/h7,10-11,14-15,17-18,27H,1,8-9,12-13H2,2-6H3,(H,28,31). The first-order valence-corrected chi connectivity index (χ1v) is 11.6. The van der Waals surface area contributed by atoms with E-state index >= 15 is 0 Å². The second-order valence-corrected chi connectivity index (χ2v) is 9.06. The molecule has 1 aromatic heterocycles. The highest BCUT2D eigenvalue weighted by Gasteiger charge is 2.23. The van der Waals surface area contributed by atoms with Crippen LogP contribution < -0.4 is 10.6 Å². The van der Waals surface area contributed by atoms with Crippen LogP contribution in [0.5, 0.6) is 0 Å². The van der Waals surface area contributed by atoms with Crippen LogP contribution in [0.15, 0.2) is 30.9 Å². The number of allylic oxidation sites excluding steroid dienone is 1. The molecule has 1 aromatic carbocycles. The quantitative estimate of drug-likeness (QED) is 0.320. The summed E-state index contributed by atoms with van der Waals surface area (Å²) >= 11 is 12.5. The number of hydrogen-bond donors (Lipinski definition) is 2. The fourth-order valence-corrected chi connectivity index (χ4v) is 4.39. The SMILES string of the molecule is C=CCC(CC)C(C)NCCNC(=O)c1nn(-c2ccc(Cl)cc2Cl)c(C(C)C)c1C. The molecule has 0 aliphatic rings. The number of carbonyl (C=O) groups excluding carboxylic acids is 1. The van der Waals surface area contributed by atoms with Crippen molar-refractivity contribution in [1.82, 2.24) is 20.4 Å². The van der Waals surface area contributed by atoms with Gasteiger partial charge in [-0.3, -0.25) is 4.79 Å². The molecule has 0 spiro atoms. The molecule has 31 heavy (non-hydrogen) atoms. The fourth-order valence-electron chi connectivity index (χ4n) is 3.90. The maximum absolute atomic E-state index is 12.9. The van der Waals surface area contributed by atoms with Gasteiger partial charge in [0, 0.05) is 29.7 Å². The molecule has 0 saturated carbocycles. The Kier molecular flexibility index (Phi) is 9.60. The van der Waals surface area contributed by atoms with Gasteiger partial charge in [-0.15, -0.1) is 6.58 Å². The summed E-state index contributed by atoms with van der Waals surface area (Å²) in [7, 11) is 0. The Morgan fingerprint density at radius 3 is 2.55 bits per heavy atom. The second-order valence-electron chi connectivity index (χ2n) is 8.21. The smallest absolute Gasteiger partial charge is 0.272 e. The molecule has 0 saturated heterocycles. The molecular formula is C24H34Cl2N4O. The summed E-state index contributed by atoms with van der Waals surface area (Å²) in [5.41, 5.74) is 2.94. The van der Waals surface area contributed by atoms with Crippen LogP contribution in [0.1, 0.15) is 68.2 Å². The van der Waals surface area contributed by atoms with Crippen molar-refractivity contribution in [2.45, 2.75) is 59.4 Å². The van der Waals surface area contributed by atoms with Crippen LogP contribution in [-0.4, -0.2) is 34.8 Å². The Morgan fingerprint density at radius 2 is 1.97 bits per heavy atom. The van der Waals surface area contributed by atoms with Gasteiger partial charge in [0.15, 0.2) is 5.69 Å².